The fourth-order valence-electron chi connectivity index (χ4n) is 12.1. The third-order valence-corrected chi connectivity index (χ3v) is 15.9. The van der Waals surface area contributed by atoms with Crippen molar-refractivity contribution in [1.29, 1.82) is 0 Å². The minimum atomic E-state index is -4.51. The van der Waals surface area contributed by atoms with Gasteiger partial charge in [-0.3, -0.25) is 23.4 Å². The Labute approximate surface area is 304 Å². The summed E-state index contributed by atoms with van der Waals surface area (Å²) in [5.41, 5.74) is 9.85. The van der Waals surface area contributed by atoms with E-state index in [1.807, 2.05) is 0 Å². The quantitative estimate of drug-likeness (QED) is 0.101. The zero-order valence-corrected chi connectivity index (χ0v) is 31.8. The van der Waals surface area contributed by atoms with E-state index in [0.29, 0.717) is 53.9 Å². The number of nitrogens with zero attached hydrogens (tertiary/aromatic N) is 4. The van der Waals surface area contributed by atoms with Crippen LogP contribution in [0.4, 0.5) is 0 Å². The molecule has 3 saturated carbocycles. The molecule has 4 heterocycles. The van der Waals surface area contributed by atoms with Gasteiger partial charge in [-0.2, -0.15) is 0 Å². The molecule has 1 spiro atoms. The van der Waals surface area contributed by atoms with E-state index < -0.39 is 49.3 Å². The number of phosphoric acid groups is 1. The maximum absolute atomic E-state index is 13.3. The molecular weight excluding hydrogens is 689 g/mol. The predicted molar refractivity (Wildman–Crippen MR) is 190 cm³/mol. The Morgan fingerprint density at radius 3 is 2.71 bits per heavy atom. The topological polar surface area (TPSA) is 187 Å². The third kappa shape index (κ3) is 6.00. The molecule has 6 fully saturated rings. The van der Waals surface area contributed by atoms with Gasteiger partial charge in [0.15, 0.2) is 5.79 Å². The minimum absolute atomic E-state index is 0.0196. The highest BCUT2D eigenvalue weighted by Crippen LogP contribution is 2.71. The van der Waals surface area contributed by atoms with Crippen molar-refractivity contribution in [3.63, 3.8) is 0 Å². The standard InChI is InChI=1S/C37H54N5O9P/c1-20-8-13-37(47-18-20)22(3)32-29(50-37)15-27-25-7-6-23-14-24(9-11-35(23,4)26(25)10-12-36(27,32)5)51-52(45,46)48-19-30-28(40-41-38)16-31(49-30)42-17-21(2)33(43)39-34(42)44/h6,17,20,22,24-32H,7-16,18-19H2,1-5H3,(H,45,46)(H,39,43,44)/t20-,22+,24+,25-,26+,27+,28+,29+,30-,31-,32+,35+,36+,37-/m1/s1. The lowest BCUT2D eigenvalue weighted by molar-refractivity contribution is -0.272. The van der Waals surface area contributed by atoms with Crippen LogP contribution >= 0.6 is 7.82 Å². The molecule has 0 amide bonds. The van der Waals surface area contributed by atoms with Crippen LogP contribution in [0.15, 0.2) is 32.5 Å². The number of aromatic nitrogens is 2. The monoisotopic (exact) mass is 743 g/mol. The lowest BCUT2D eigenvalue weighted by Gasteiger charge is -2.58. The number of ether oxygens (including phenoxy) is 3. The normalized spacial score (nSPS) is 46.3. The largest absolute Gasteiger partial charge is 0.472 e. The zero-order valence-electron chi connectivity index (χ0n) is 30.9. The summed E-state index contributed by atoms with van der Waals surface area (Å²) in [4.78, 5) is 40.2. The number of fused-ring (bicyclic) bond motifs is 7. The second-order valence-corrected chi connectivity index (χ2v) is 19.0. The van der Waals surface area contributed by atoms with Gasteiger partial charge in [-0.05, 0) is 104 Å². The van der Waals surface area contributed by atoms with Crippen LogP contribution < -0.4 is 11.2 Å². The van der Waals surface area contributed by atoms with Gasteiger partial charge >= 0.3 is 13.5 Å². The summed E-state index contributed by atoms with van der Waals surface area (Å²) in [6.07, 6.45) is 10.7. The number of H-pyrrole nitrogens is 1. The molecule has 14 nitrogen and oxygen atoms in total. The molecule has 3 aliphatic heterocycles. The Morgan fingerprint density at radius 2 is 1.96 bits per heavy atom. The number of allylic oxidation sites excluding steroid dienone is 1. The average Bonchev–Trinajstić information content (AvgIpc) is 3.72. The second-order valence-electron chi connectivity index (χ2n) is 17.6. The number of phosphoric ester groups is 1. The smallest absolute Gasteiger partial charge is 0.352 e. The zero-order chi connectivity index (χ0) is 36.8. The predicted octanol–water partition coefficient (Wildman–Crippen LogP) is 6.68. The summed E-state index contributed by atoms with van der Waals surface area (Å²) in [6.45, 7) is 11.6. The van der Waals surface area contributed by atoms with Gasteiger partial charge in [-0.25, -0.2) is 9.36 Å². The van der Waals surface area contributed by atoms with Crippen molar-refractivity contribution in [3.05, 3.63) is 54.7 Å². The highest BCUT2D eigenvalue weighted by molar-refractivity contribution is 7.47. The number of nitrogens with one attached hydrogen (secondary N) is 1. The number of azide groups is 1. The molecule has 1 unspecified atom stereocenters. The van der Waals surface area contributed by atoms with Crippen molar-refractivity contribution in [1.82, 2.24) is 9.55 Å². The van der Waals surface area contributed by atoms with E-state index in [2.05, 4.69) is 48.8 Å². The third-order valence-electron chi connectivity index (χ3n) is 14.9. The van der Waals surface area contributed by atoms with Gasteiger partial charge in [0.1, 0.15) is 6.23 Å². The van der Waals surface area contributed by atoms with E-state index in [9.17, 15) is 19.0 Å². The van der Waals surface area contributed by atoms with E-state index >= 15 is 0 Å². The molecule has 52 heavy (non-hydrogen) atoms. The summed E-state index contributed by atoms with van der Waals surface area (Å²) in [7, 11) is -4.51. The lowest BCUT2D eigenvalue weighted by atomic mass is 9.47. The van der Waals surface area contributed by atoms with Crippen LogP contribution in [0.3, 0.4) is 0 Å². The maximum atomic E-state index is 13.3. The highest BCUT2D eigenvalue weighted by Gasteiger charge is 2.68. The summed E-state index contributed by atoms with van der Waals surface area (Å²) in [6, 6.07) is -0.762. The molecule has 8 rings (SSSR count). The molecule has 1 aromatic heterocycles. The minimum Gasteiger partial charge on any atom is -0.352 e. The summed E-state index contributed by atoms with van der Waals surface area (Å²) < 4.78 is 45.1. The van der Waals surface area contributed by atoms with Crippen LogP contribution in [-0.4, -0.2) is 57.8 Å². The highest BCUT2D eigenvalue weighted by atomic mass is 31.2. The van der Waals surface area contributed by atoms with Crippen LogP contribution in [0.2, 0.25) is 0 Å². The van der Waals surface area contributed by atoms with Gasteiger partial charge in [0.2, 0.25) is 0 Å². The van der Waals surface area contributed by atoms with Crippen molar-refractivity contribution in [3.8, 4) is 0 Å². The van der Waals surface area contributed by atoms with Crippen LogP contribution in [0.5, 0.6) is 0 Å². The molecule has 2 N–H and O–H groups in total. The molecule has 0 aromatic carbocycles. The van der Waals surface area contributed by atoms with Crippen molar-refractivity contribution < 1.29 is 32.7 Å². The molecule has 0 radical (unpaired) electrons. The van der Waals surface area contributed by atoms with Gasteiger partial charge < -0.3 is 19.1 Å². The average molecular weight is 744 g/mol. The van der Waals surface area contributed by atoms with Crippen molar-refractivity contribution in [2.24, 2.45) is 51.5 Å². The van der Waals surface area contributed by atoms with Gasteiger partial charge in [-0.1, -0.05) is 44.5 Å². The fourth-order valence-corrected chi connectivity index (χ4v) is 13.1. The fraction of sp³-hybridized carbons (Fsp3) is 0.838. The molecule has 15 atom stereocenters. The summed E-state index contributed by atoms with van der Waals surface area (Å²) in [5, 5.41) is 3.78. The van der Waals surface area contributed by atoms with Crippen molar-refractivity contribution >= 4 is 7.82 Å². The number of hydrogen-bond acceptors (Lipinski definition) is 9. The Hall–Kier alpha value is -2.28. The Morgan fingerprint density at radius 1 is 1.15 bits per heavy atom. The van der Waals surface area contributed by atoms with Gasteiger partial charge in [-0.15, -0.1) is 0 Å². The molecular formula is C37H54N5O9P. The molecule has 4 aliphatic carbocycles. The lowest BCUT2D eigenvalue weighted by Crippen LogP contribution is -2.52. The molecule has 3 saturated heterocycles. The molecule has 286 valence electrons. The van der Waals surface area contributed by atoms with E-state index in [4.69, 9.17) is 28.8 Å². The van der Waals surface area contributed by atoms with Crippen LogP contribution in [-0.2, 0) is 27.8 Å². The van der Waals surface area contributed by atoms with E-state index in [-0.39, 0.29) is 30.0 Å². The first-order valence-electron chi connectivity index (χ1n) is 19.3. The van der Waals surface area contributed by atoms with E-state index in [0.717, 1.165) is 32.3 Å². The van der Waals surface area contributed by atoms with Crippen molar-refractivity contribution in [2.75, 3.05) is 13.2 Å². The maximum Gasteiger partial charge on any atom is 0.472 e. The van der Waals surface area contributed by atoms with Crippen LogP contribution in [0.1, 0.15) is 104 Å². The Bertz CT molecular complexity index is 1820. The van der Waals surface area contributed by atoms with E-state index in [1.54, 1.807) is 6.92 Å². The number of aryl methyl sites for hydroxylation is 1. The number of hydrogen-bond donors (Lipinski definition) is 2. The molecule has 7 aliphatic rings. The van der Waals surface area contributed by atoms with Gasteiger partial charge in [0.05, 0.1) is 37.6 Å². The van der Waals surface area contributed by atoms with Crippen molar-refractivity contribution in [2.45, 2.75) is 135 Å². The number of rotatable bonds is 7. The molecule has 1 aromatic rings. The Balaban J connectivity index is 0.903. The molecule has 15 heteroatoms. The van der Waals surface area contributed by atoms with Gasteiger partial charge in [0, 0.05) is 35.4 Å². The van der Waals surface area contributed by atoms with Crippen LogP contribution in [0, 0.1) is 53.3 Å². The Kier molecular flexibility index (Phi) is 9.30. The first-order chi connectivity index (χ1) is 24.7. The van der Waals surface area contributed by atoms with Crippen LogP contribution in [0.25, 0.3) is 10.4 Å². The first-order valence-corrected chi connectivity index (χ1v) is 20.8. The SMILES string of the molecule is Cc1cn([C@H]2C[C@H](N=[N+]=[N-])[C@@H](COP(=O)(O)O[C@H]3CC[C@@]4(C)C(=CC[C@H]5[C@@H]6C[C@@H]7O[C@]8(CC[C@@H](C)CO8)[C@@H](C)[C@@H]7[C@@]6(C)CC[C@@H]54)C3)O2)c(=O)[nH]c1=O. The molecule has 0 bridgehead atoms. The first kappa shape index (κ1) is 36.7. The number of aromatic amines is 1. The summed E-state index contributed by atoms with van der Waals surface area (Å²) >= 11 is 0. The van der Waals surface area contributed by atoms with Gasteiger partial charge in [0.25, 0.3) is 5.56 Å². The second kappa shape index (κ2) is 13.2. The van der Waals surface area contributed by atoms with E-state index in [1.165, 1.54) is 35.6 Å². The summed E-state index contributed by atoms with van der Waals surface area (Å²) in [5.74, 6) is 2.86.